The molecule has 0 aliphatic carbocycles. The molecule has 0 unspecified atom stereocenters. The Kier molecular flexibility index (Phi) is 5.20. The molecule has 0 rings (SSSR count). The zero-order chi connectivity index (χ0) is 11.3. The van der Waals surface area contributed by atoms with Gasteiger partial charge in [-0.1, -0.05) is 20.8 Å². The normalized spacial score (nSPS) is 15.1. The van der Waals surface area contributed by atoms with Gasteiger partial charge in [-0.15, -0.1) is 0 Å². The van der Waals surface area contributed by atoms with Gasteiger partial charge in [-0.05, 0) is 24.7 Å². The molecule has 2 atom stereocenters. The Morgan fingerprint density at radius 3 is 1.79 bits per heavy atom. The summed E-state index contributed by atoms with van der Waals surface area (Å²) in [4.78, 5) is 21.0. The van der Waals surface area contributed by atoms with Crippen LogP contribution < -0.4 is 10.2 Å². The second kappa shape index (κ2) is 5.62. The van der Waals surface area contributed by atoms with Gasteiger partial charge in [0.2, 0.25) is 0 Å². The van der Waals surface area contributed by atoms with E-state index in [1.165, 1.54) is 6.92 Å². The maximum Gasteiger partial charge on any atom is 0.0447 e. The van der Waals surface area contributed by atoms with Crippen LogP contribution in [0.5, 0.6) is 0 Å². The monoisotopic (exact) mass is 200 g/mol. The van der Waals surface area contributed by atoms with Crippen molar-refractivity contribution < 1.29 is 19.8 Å². The van der Waals surface area contributed by atoms with Crippen molar-refractivity contribution in [2.24, 2.45) is 17.8 Å². The van der Waals surface area contributed by atoms with Gasteiger partial charge in [0, 0.05) is 17.9 Å². The fourth-order valence-electron chi connectivity index (χ4n) is 1.27. The second-order valence-corrected chi connectivity index (χ2v) is 3.97. The van der Waals surface area contributed by atoms with Crippen LogP contribution in [0.1, 0.15) is 33.6 Å². The fraction of sp³-hybridized carbons (Fsp3) is 0.800. The van der Waals surface area contributed by atoms with Crippen LogP contribution in [0.4, 0.5) is 0 Å². The highest BCUT2D eigenvalue weighted by molar-refractivity contribution is 5.69. The van der Waals surface area contributed by atoms with Gasteiger partial charge in [-0.3, -0.25) is 0 Å². The summed E-state index contributed by atoms with van der Waals surface area (Å²) >= 11 is 0. The zero-order valence-electron chi connectivity index (χ0n) is 8.78. The molecule has 0 spiro atoms. The highest BCUT2D eigenvalue weighted by atomic mass is 16.4. The lowest BCUT2D eigenvalue weighted by Gasteiger charge is -2.23. The molecule has 4 heteroatoms. The van der Waals surface area contributed by atoms with Gasteiger partial charge in [-0.25, -0.2) is 0 Å². The number of rotatable bonds is 6. The maximum absolute atomic E-state index is 10.6. The van der Waals surface area contributed by atoms with Crippen molar-refractivity contribution in [3.8, 4) is 0 Å². The molecule has 0 radical (unpaired) electrons. The summed E-state index contributed by atoms with van der Waals surface area (Å²) in [6.45, 7) is 5.08. The Hall–Kier alpha value is -1.06. The second-order valence-electron chi connectivity index (χ2n) is 3.97. The molecule has 0 bridgehead atoms. The Morgan fingerprint density at radius 2 is 1.50 bits per heavy atom. The standard InChI is InChI=1S/C10H18O4/c1-6(2)8(10(13)14)5-4-7(3)9(11)12/h6-8H,4-5H2,1-3H3,(H,11,12)(H,13,14)/p-2/t7-,8-/m0/s1. The third-order valence-electron chi connectivity index (χ3n) is 2.42. The van der Waals surface area contributed by atoms with Crippen molar-refractivity contribution >= 4 is 11.9 Å². The number of hydrogen-bond acceptors (Lipinski definition) is 4. The lowest BCUT2D eigenvalue weighted by molar-refractivity contribution is -0.316. The third kappa shape index (κ3) is 4.25. The predicted molar refractivity (Wildman–Crippen MR) is 46.7 cm³/mol. The first kappa shape index (κ1) is 12.9. The number of carbonyl (C=O) groups is 2. The van der Waals surface area contributed by atoms with E-state index in [2.05, 4.69) is 0 Å². The molecule has 0 aromatic heterocycles. The lowest BCUT2D eigenvalue weighted by Crippen LogP contribution is -2.36. The molecule has 0 aliphatic heterocycles. The van der Waals surface area contributed by atoms with E-state index in [1.807, 2.05) is 0 Å². The molecule has 0 N–H and O–H groups in total. The van der Waals surface area contributed by atoms with E-state index in [1.54, 1.807) is 13.8 Å². The van der Waals surface area contributed by atoms with Gasteiger partial charge in [0.05, 0.1) is 0 Å². The molecule has 0 heterocycles. The molecule has 14 heavy (non-hydrogen) atoms. The minimum Gasteiger partial charge on any atom is -0.550 e. The van der Waals surface area contributed by atoms with E-state index in [4.69, 9.17) is 0 Å². The van der Waals surface area contributed by atoms with Crippen molar-refractivity contribution in [3.05, 3.63) is 0 Å². The molecule has 0 amide bonds. The van der Waals surface area contributed by atoms with E-state index in [9.17, 15) is 19.8 Å². The van der Waals surface area contributed by atoms with Crippen molar-refractivity contribution in [1.82, 2.24) is 0 Å². The molecule has 0 aromatic carbocycles. The molecular formula is C10H16O4-2. The SMILES string of the molecule is CC(C)[C@H](CC[C@H](C)C(=O)[O-])C(=O)[O-]. The van der Waals surface area contributed by atoms with E-state index in [0.717, 1.165) is 0 Å². The number of aliphatic carboxylic acids is 2. The van der Waals surface area contributed by atoms with Crippen LogP contribution in [0.25, 0.3) is 0 Å². The van der Waals surface area contributed by atoms with Crippen LogP contribution in [0.2, 0.25) is 0 Å². The predicted octanol–water partition coefficient (Wildman–Crippen LogP) is -0.825. The van der Waals surface area contributed by atoms with Crippen molar-refractivity contribution in [2.45, 2.75) is 33.6 Å². The summed E-state index contributed by atoms with van der Waals surface area (Å²) in [6.07, 6.45) is 0.647. The summed E-state index contributed by atoms with van der Waals surface area (Å²) in [5.74, 6) is -3.45. The largest absolute Gasteiger partial charge is 0.550 e. The summed E-state index contributed by atoms with van der Waals surface area (Å²) in [5, 5.41) is 21.0. The quantitative estimate of drug-likeness (QED) is 0.560. The van der Waals surface area contributed by atoms with Crippen LogP contribution in [0.3, 0.4) is 0 Å². The summed E-state index contributed by atoms with van der Waals surface area (Å²) < 4.78 is 0. The van der Waals surface area contributed by atoms with Crippen LogP contribution in [0.15, 0.2) is 0 Å². The third-order valence-corrected chi connectivity index (χ3v) is 2.42. The fourth-order valence-corrected chi connectivity index (χ4v) is 1.27. The summed E-state index contributed by atoms with van der Waals surface area (Å²) in [7, 11) is 0. The van der Waals surface area contributed by atoms with Gasteiger partial charge in [0.15, 0.2) is 0 Å². The lowest BCUT2D eigenvalue weighted by atomic mass is 9.88. The molecule has 82 valence electrons. The van der Waals surface area contributed by atoms with Crippen molar-refractivity contribution in [2.75, 3.05) is 0 Å². The highest BCUT2D eigenvalue weighted by Crippen LogP contribution is 2.19. The summed E-state index contributed by atoms with van der Waals surface area (Å²) in [5.41, 5.74) is 0. The Morgan fingerprint density at radius 1 is 1.00 bits per heavy atom. The number of carboxylic acids is 2. The van der Waals surface area contributed by atoms with Crippen LogP contribution in [-0.2, 0) is 9.59 Å². The molecule has 0 aliphatic rings. The minimum absolute atomic E-state index is 0.0334. The first-order chi connectivity index (χ1) is 6.36. The number of carbonyl (C=O) groups excluding carboxylic acids is 2. The molecule has 0 saturated heterocycles. The van der Waals surface area contributed by atoms with E-state index < -0.39 is 23.8 Å². The minimum atomic E-state index is -1.13. The Balaban J connectivity index is 4.07. The van der Waals surface area contributed by atoms with Gasteiger partial charge < -0.3 is 19.8 Å². The smallest absolute Gasteiger partial charge is 0.0447 e. The van der Waals surface area contributed by atoms with E-state index >= 15 is 0 Å². The number of hydrogen-bond donors (Lipinski definition) is 0. The molecule has 0 saturated carbocycles. The molecular weight excluding hydrogens is 184 g/mol. The van der Waals surface area contributed by atoms with E-state index in [-0.39, 0.29) is 5.92 Å². The van der Waals surface area contributed by atoms with E-state index in [0.29, 0.717) is 12.8 Å². The molecule has 4 nitrogen and oxygen atoms in total. The van der Waals surface area contributed by atoms with Crippen LogP contribution >= 0.6 is 0 Å². The first-order valence-electron chi connectivity index (χ1n) is 4.78. The Bertz CT molecular complexity index is 210. The number of carboxylic acid groups (broad SMARTS) is 2. The highest BCUT2D eigenvalue weighted by Gasteiger charge is 2.16. The van der Waals surface area contributed by atoms with Gasteiger partial charge in [0.1, 0.15) is 0 Å². The average Bonchev–Trinajstić information content (AvgIpc) is 2.02. The maximum atomic E-state index is 10.6. The zero-order valence-corrected chi connectivity index (χ0v) is 8.78. The van der Waals surface area contributed by atoms with Gasteiger partial charge in [0.25, 0.3) is 0 Å². The first-order valence-corrected chi connectivity index (χ1v) is 4.78. The Labute approximate surface area is 83.9 Å². The van der Waals surface area contributed by atoms with Crippen molar-refractivity contribution in [3.63, 3.8) is 0 Å². The van der Waals surface area contributed by atoms with Crippen LogP contribution in [-0.4, -0.2) is 11.9 Å². The summed E-state index contributed by atoms with van der Waals surface area (Å²) in [6, 6.07) is 0. The van der Waals surface area contributed by atoms with Gasteiger partial charge in [-0.2, -0.15) is 0 Å². The topological polar surface area (TPSA) is 80.3 Å². The van der Waals surface area contributed by atoms with Crippen molar-refractivity contribution in [1.29, 1.82) is 0 Å². The van der Waals surface area contributed by atoms with Gasteiger partial charge >= 0.3 is 0 Å². The average molecular weight is 200 g/mol. The van der Waals surface area contributed by atoms with Crippen LogP contribution in [0, 0.1) is 17.8 Å². The molecule has 0 aromatic rings. The molecule has 0 fully saturated rings.